The molecule has 2 nitrogen and oxygen atoms in total. The molecular formula is C13H25F2NO. The minimum Gasteiger partial charge on any atom is -0.392 e. The molecule has 17 heavy (non-hydrogen) atoms. The van der Waals surface area contributed by atoms with Gasteiger partial charge in [-0.3, -0.25) is 0 Å². The fourth-order valence-corrected chi connectivity index (χ4v) is 2.37. The lowest BCUT2D eigenvalue weighted by atomic mass is 9.83. The minimum absolute atomic E-state index is 0.0137. The largest absolute Gasteiger partial charge is 0.392 e. The summed E-state index contributed by atoms with van der Waals surface area (Å²) in [6.45, 7) is 6.54. The van der Waals surface area contributed by atoms with Crippen molar-refractivity contribution in [1.29, 1.82) is 0 Å². The zero-order valence-corrected chi connectivity index (χ0v) is 11.1. The highest BCUT2D eigenvalue weighted by atomic mass is 19.3. The molecule has 0 aromatic carbocycles. The molecule has 2 unspecified atom stereocenters. The van der Waals surface area contributed by atoms with Gasteiger partial charge in [0.2, 0.25) is 5.92 Å². The van der Waals surface area contributed by atoms with E-state index in [1.165, 1.54) is 0 Å². The topological polar surface area (TPSA) is 32.3 Å². The number of rotatable bonds is 4. The van der Waals surface area contributed by atoms with Crippen LogP contribution in [0.5, 0.6) is 0 Å². The Morgan fingerprint density at radius 2 is 2.06 bits per heavy atom. The van der Waals surface area contributed by atoms with Gasteiger partial charge in [-0.2, -0.15) is 0 Å². The molecule has 1 aliphatic rings. The van der Waals surface area contributed by atoms with Crippen LogP contribution in [0.25, 0.3) is 0 Å². The second kappa shape index (κ2) is 5.61. The molecule has 1 rings (SSSR count). The fraction of sp³-hybridized carbons (Fsp3) is 1.00. The minimum atomic E-state index is -2.51. The van der Waals surface area contributed by atoms with E-state index < -0.39 is 12.0 Å². The SMILES string of the molecule is CC(C)(C)NCC(O)CC1CCCC(F)(F)C1. The van der Waals surface area contributed by atoms with Crippen molar-refractivity contribution < 1.29 is 13.9 Å². The van der Waals surface area contributed by atoms with Gasteiger partial charge >= 0.3 is 0 Å². The van der Waals surface area contributed by atoms with Gasteiger partial charge in [-0.15, -0.1) is 0 Å². The molecule has 0 heterocycles. The summed E-state index contributed by atoms with van der Waals surface area (Å²) >= 11 is 0. The number of β-amino-alcohol motifs (C(OH)–C–C–N with tert-alkyl or cyclic N) is 1. The number of halogens is 2. The van der Waals surface area contributed by atoms with Crippen LogP contribution in [0, 0.1) is 5.92 Å². The molecule has 1 saturated carbocycles. The molecule has 2 atom stereocenters. The van der Waals surface area contributed by atoms with Crippen molar-refractivity contribution in [2.24, 2.45) is 5.92 Å². The van der Waals surface area contributed by atoms with E-state index in [1.807, 2.05) is 20.8 Å². The summed E-state index contributed by atoms with van der Waals surface area (Å²) in [5, 5.41) is 13.0. The van der Waals surface area contributed by atoms with Crippen molar-refractivity contribution in [2.75, 3.05) is 6.54 Å². The molecule has 0 aliphatic heterocycles. The Bertz CT molecular complexity index is 238. The third-order valence-corrected chi connectivity index (χ3v) is 3.22. The maximum atomic E-state index is 13.2. The van der Waals surface area contributed by atoms with Crippen LogP contribution >= 0.6 is 0 Å². The molecule has 0 saturated heterocycles. The summed E-state index contributed by atoms with van der Waals surface area (Å²) in [5.41, 5.74) is -0.0442. The molecule has 0 radical (unpaired) electrons. The van der Waals surface area contributed by atoms with Gasteiger partial charge in [0.15, 0.2) is 0 Å². The van der Waals surface area contributed by atoms with Crippen molar-refractivity contribution in [1.82, 2.24) is 5.32 Å². The molecule has 0 amide bonds. The molecular weight excluding hydrogens is 224 g/mol. The van der Waals surface area contributed by atoms with Crippen molar-refractivity contribution >= 4 is 0 Å². The van der Waals surface area contributed by atoms with E-state index in [-0.39, 0.29) is 24.3 Å². The van der Waals surface area contributed by atoms with Gasteiger partial charge in [-0.1, -0.05) is 0 Å². The van der Waals surface area contributed by atoms with E-state index in [1.54, 1.807) is 0 Å². The Labute approximate surface area is 103 Å². The van der Waals surface area contributed by atoms with Gasteiger partial charge in [-0.25, -0.2) is 8.78 Å². The first-order chi connectivity index (χ1) is 7.68. The van der Waals surface area contributed by atoms with Gasteiger partial charge in [0.05, 0.1) is 6.10 Å². The predicted octanol–water partition coefficient (Wildman–Crippen LogP) is 2.95. The zero-order chi connectivity index (χ0) is 13.1. The summed E-state index contributed by atoms with van der Waals surface area (Å²) in [6.07, 6.45) is 1.32. The Morgan fingerprint density at radius 1 is 1.41 bits per heavy atom. The number of hydrogen-bond acceptors (Lipinski definition) is 2. The summed E-state index contributed by atoms with van der Waals surface area (Å²) in [5.74, 6) is -2.55. The first-order valence-electron chi connectivity index (χ1n) is 6.49. The highest BCUT2D eigenvalue weighted by Gasteiger charge is 2.36. The van der Waals surface area contributed by atoms with Crippen LogP contribution in [0.2, 0.25) is 0 Å². The molecule has 0 spiro atoms. The third kappa shape index (κ3) is 6.32. The summed E-state index contributed by atoms with van der Waals surface area (Å²) in [4.78, 5) is 0. The predicted molar refractivity (Wildman–Crippen MR) is 65.3 cm³/mol. The molecule has 2 N–H and O–H groups in total. The highest BCUT2D eigenvalue weighted by molar-refractivity contribution is 4.81. The second-order valence-corrected chi connectivity index (χ2v) is 6.34. The lowest BCUT2D eigenvalue weighted by Crippen LogP contribution is -2.41. The first kappa shape index (κ1) is 14.8. The smallest absolute Gasteiger partial charge is 0.248 e. The van der Waals surface area contributed by atoms with Crippen molar-refractivity contribution in [3.63, 3.8) is 0 Å². The van der Waals surface area contributed by atoms with E-state index in [0.29, 0.717) is 19.4 Å². The number of aliphatic hydroxyl groups is 1. The number of alkyl halides is 2. The van der Waals surface area contributed by atoms with Crippen LogP contribution in [-0.4, -0.2) is 29.2 Å². The van der Waals surface area contributed by atoms with E-state index >= 15 is 0 Å². The molecule has 1 fully saturated rings. The second-order valence-electron chi connectivity index (χ2n) is 6.34. The normalized spacial score (nSPS) is 26.8. The monoisotopic (exact) mass is 249 g/mol. The standard InChI is InChI=1S/C13H25F2NO/c1-12(2,3)16-9-11(17)7-10-5-4-6-13(14,15)8-10/h10-11,16-17H,4-9H2,1-3H3. The number of hydrogen-bond donors (Lipinski definition) is 2. The van der Waals surface area contributed by atoms with E-state index in [0.717, 1.165) is 6.42 Å². The van der Waals surface area contributed by atoms with Crippen molar-refractivity contribution in [2.45, 2.75) is 70.4 Å². The van der Waals surface area contributed by atoms with Gasteiger partial charge in [0, 0.05) is 24.9 Å². The van der Waals surface area contributed by atoms with Crippen LogP contribution in [0.3, 0.4) is 0 Å². The van der Waals surface area contributed by atoms with Crippen LogP contribution in [0.1, 0.15) is 52.9 Å². The molecule has 0 aromatic rings. The lowest BCUT2D eigenvalue weighted by Gasteiger charge is -2.31. The molecule has 1 aliphatic carbocycles. The van der Waals surface area contributed by atoms with Crippen LogP contribution < -0.4 is 5.32 Å². The van der Waals surface area contributed by atoms with Gasteiger partial charge in [0.25, 0.3) is 0 Å². The lowest BCUT2D eigenvalue weighted by molar-refractivity contribution is -0.0589. The summed E-state index contributed by atoms with van der Waals surface area (Å²) < 4.78 is 26.4. The molecule has 4 heteroatoms. The first-order valence-corrected chi connectivity index (χ1v) is 6.49. The quantitative estimate of drug-likeness (QED) is 0.803. The number of nitrogens with one attached hydrogen (secondary N) is 1. The summed E-state index contributed by atoms with van der Waals surface area (Å²) in [7, 11) is 0. The van der Waals surface area contributed by atoms with Gasteiger partial charge in [0.1, 0.15) is 0 Å². The fourth-order valence-electron chi connectivity index (χ4n) is 2.37. The van der Waals surface area contributed by atoms with Crippen LogP contribution in [0.15, 0.2) is 0 Å². The zero-order valence-electron chi connectivity index (χ0n) is 11.1. The average Bonchev–Trinajstić information content (AvgIpc) is 2.12. The van der Waals surface area contributed by atoms with Crippen molar-refractivity contribution in [3.05, 3.63) is 0 Å². The van der Waals surface area contributed by atoms with Gasteiger partial charge < -0.3 is 10.4 Å². The van der Waals surface area contributed by atoms with E-state index in [2.05, 4.69) is 5.32 Å². The Hall–Kier alpha value is -0.220. The Kier molecular flexibility index (Phi) is 4.90. The van der Waals surface area contributed by atoms with Crippen molar-refractivity contribution in [3.8, 4) is 0 Å². The van der Waals surface area contributed by atoms with Crippen LogP contribution in [-0.2, 0) is 0 Å². The highest BCUT2D eigenvalue weighted by Crippen LogP contribution is 2.38. The Morgan fingerprint density at radius 3 is 2.59 bits per heavy atom. The maximum Gasteiger partial charge on any atom is 0.248 e. The van der Waals surface area contributed by atoms with E-state index in [4.69, 9.17) is 0 Å². The molecule has 102 valence electrons. The van der Waals surface area contributed by atoms with E-state index in [9.17, 15) is 13.9 Å². The molecule has 0 aromatic heterocycles. The maximum absolute atomic E-state index is 13.2. The number of aliphatic hydroxyl groups excluding tert-OH is 1. The van der Waals surface area contributed by atoms with Gasteiger partial charge in [-0.05, 0) is 46.0 Å². The summed E-state index contributed by atoms with van der Waals surface area (Å²) in [6, 6.07) is 0. The third-order valence-electron chi connectivity index (χ3n) is 3.22. The average molecular weight is 249 g/mol. The molecule has 0 bridgehead atoms. The Balaban J connectivity index is 2.28. The van der Waals surface area contributed by atoms with Crippen LogP contribution in [0.4, 0.5) is 8.78 Å².